The van der Waals surface area contributed by atoms with Gasteiger partial charge in [-0.15, -0.1) is 13.2 Å². The number of alkyl halides is 5. The summed E-state index contributed by atoms with van der Waals surface area (Å²) in [6.45, 7) is 2.88. The third-order valence-electron chi connectivity index (χ3n) is 6.84. The SMILES string of the molecule is C/C=C/CC/C=C/CCC1COC(c2ccc(C(F)(F)Oc3cc(F)c(-c4ccc(OC(F)(F)F)c(F)c4)c(F)c3)cc2)OC1. The van der Waals surface area contributed by atoms with E-state index in [1.54, 1.807) is 0 Å². The van der Waals surface area contributed by atoms with Gasteiger partial charge in [0.05, 0.1) is 24.3 Å². The molecule has 3 aromatic carbocycles. The second-order valence-electron chi connectivity index (χ2n) is 10.3. The lowest BCUT2D eigenvalue weighted by Gasteiger charge is -2.29. The van der Waals surface area contributed by atoms with Crippen LogP contribution >= 0.6 is 0 Å². The fraction of sp³-hybridized carbons (Fsp3) is 0.333. The van der Waals surface area contributed by atoms with Gasteiger partial charge in [-0.2, -0.15) is 8.78 Å². The molecule has 0 atom stereocenters. The van der Waals surface area contributed by atoms with Gasteiger partial charge in [0.15, 0.2) is 17.9 Å². The van der Waals surface area contributed by atoms with Crippen LogP contribution in [0.5, 0.6) is 11.5 Å². The number of hydrogen-bond donors (Lipinski definition) is 0. The molecule has 3 aromatic rings. The first kappa shape index (κ1) is 34.0. The van der Waals surface area contributed by atoms with E-state index in [9.17, 15) is 35.1 Å². The standard InChI is InChI=1S/C33H30F8O4/c1-2-3-4-5-6-7-8-9-21-19-42-31(43-20-21)22-10-13-24(14-11-22)32(37,38)44-25-17-27(35)30(28(36)18-25)23-12-15-29(26(34)16-23)45-33(39,40)41/h2-3,6-7,10-18,21,31H,4-5,8-9,19-20H2,1H3/b3-2+,7-6+. The van der Waals surface area contributed by atoms with Crippen LogP contribution in [0, 0.1) is 23.4 Å². The monoisotopic (exact) mass is 642 g/mol. The molecule has 0 spiro atoms. The third kappa shape index (κ3) is 9.54. The Hall–Kier alpha value is -3.90. The molecule has 0 aliphatic carbocycles. The summed E-state index contributed by atoms with van der Waals surface area (Å²) in [6.07, 6.45) is 2.22. The Balaban J connectivity index is 1.35. The van der Waals surface area contributed by atoms with Crippen molar-refractivity contribution in [3.63, 3.8) is 0 Å². The predicted molar refractivity (Wildman–Crippen MR) is 150 cm³/mol. The minimum Gasteiger partial charge on any atom is -0.429 e. The summed E-state index contributed by atoms with van der Waals surface area (Å²) >= 11 is 0. The van der Waals surface area contributed by atoms with E-state index >= 15 is 0 Å². The molecule has 1 saturated heterocycles. The Morgan fingerprint density at radius 1 is 0.756 bits per heavy atom. The van der Waals surface area contributed by atoms with E-state index in [2.05, 4.69) is 27.7 Å². The van der Waals surface area contributed by atoms with Crippen molar-refractivity contribution in [2.45, 2.75) is 51.4 Å². The summed E-state index contributed by atoms with van der Waals surface area (Å²) < 4.78 is 130. The molecule has 0 radical (unpaired) electrons. The van der Waals surface area contributed by atoms with Gasteiger partial charge in [0.2, 0.25) is 0 Å². The Labute approximate surface area is 254 Å². The third-order valence-corrected chi connectivity index (χ3v) is 6.84. The van der Waals surface area contributed by atoms with Crippen LogP contribution in [0.15, 0.2) is 78.9 Å². The van der Waals surface area contributed by atoms with E-state index in [1.165, 1.54) is 12.1 Å². The Kier molecular flexibility index (Phi) is 11.3. The van der Waals surface area contributed by atoms with Gasteiger partial charge >= 0.3 is 12.5 Å². The van der Waals surface area contributed by atoms with Crippen LogP contribution in [-0.2, 0) is 15.6 Å². The van der Waals surface area contributed by atoms with Crippen molar-refractivity contribution >= 4 is 0 Å². The molecule has 0 unspecified atom stereocenters. The van der Waals surface area contributed by atoms with Gasteiger partial charge in [0.25, 0.3) is 0 Å². The van der Waals surface area contributed by atoms with Crippen LogP contribution < -0.4 is 9.47 Å². The van der Waals surface area contributed by atoms with E-state index in [1.807, 2.05) is 13.0 Å². The van der Waals surface area contributed by atoms with Crippen LogP contribution in [0.3, 0.4) is 0 Å². The minimum absolute atomic E-state index is 0.201. The maximum absolute atomic E-state index is 14.9. The van der Waals surface area contributed by atoms with Gasteiger partial charge in [-0.1, -0.05) is 42.5 Å². The van der Waals surface area contributed by atoms with E-state index in [0.29, 0.717) is 43.0 Å². The van der Waals surface area contributed by atoms with Crippen molar-refractivity contribution in [2.75, 3.05) is 13.2 Å². The average Bonchev–Trinajstić information content (AvgIpc) is 2.97. The molecule has 0 saturated carbocycles. The molecule has 4 rings (SSSR count). The number of halogens is 8. The van der Waals surface area contributed by atoms with E-state index < -0.39 is 64.4 Å². The van der Waals surface area contributed by atoms with Crippen LogP contribution in [-0.4, -0.2) is 19.6 Å². The predicted octanol–water partition coefficient (Wildman–Crippen LogP) is 10.2. The highest BCUT2D eigenvalue weighted by Crippen LogP contribution is 2.38. The summed E-state index contributed by atoms with van der Waals surface area (Å²) in [4.78, 5) is 0. The first-order chi connectivity index (χ1) is 21.4. The molecule has 1 aliphatic heterocycles. The largest absolute Gasteiger partial charge is 0.573 e. The highest BCUT2D eigenvalue weighted by molar-refractivity contribution is 5.67. The number of allylic oxidation sites excluding steroid dienone is 4. The average molecular weight is 643 g/mol. The van der Waals surface area contributed by atoms with Crippen LogP contribution in [0.25, 0.3) is 11.1 Å². The maximum atomic E-state index is 14.9. The first-order valence-corrected chi connectivity index (χ1v) is 14.1. The number of rotatable bonds is 12. The summed E-state index contributed by atoms with van der Waals surface area (Å²) in [5.74, 6) is -6.25. The lowest BCUT2D eigenvalue weighted by molar-refractivity contribution is -0.275. The van der Waals surface area contributed by atoms with Crippen molar-refractivity contribution in [1.82, 2.24) is 0 Å². The Bertz CT molecular complexity index is 1450. The van der Waals surface area contributed by atoms with E-state index in [0.717, 1.165) is 43.9 Å². The highest BCUT2D eigenvalue weighted by Gasteiger charge is 2.36. The molecular formula is C33H30F8O4. The summed E-state index contributed by atoms with van der Waals surface area (Å²) in [5, 5.41) is 0. The number of ether oxygens (including phenoxy) is 4. The molecule has 0 N–H and O–H groups in total. The highest BCUT2D eigenvalue weighted by atomic mass is 19.4. The van der Waals surface area contributed by atoms with Crippen molar-refractivity contribution in [3.05, 3.63) is 107 Å². The molecule has 4 nitrogen and oxygen atoms in total. The second kappa shape index (κ2) is 14.9. The number of benzene rings is 3. The molecule has 0 amide bonds. The van der Waals surface area contributed by atoms with Crippen molar-refractivity contribution in [3.8, 4) is 22.6 Å². The van der Waals surface area contributed by atoms with Gasteiger partial charge in [-0.05, 0) is 62.4 Å². The van der Waals surface area contributed by atoms with E-state index in [4.69, 9.17) is 9.47 Å². The second-order valence-corrected chi connectivity index (χ2v) is 10.3. The summed E-state index contributed by atoms with van der Waals surface area (Å²) in [7, 11) is 0. The molecule has 1 heterocycles. The van der Waals surface area contributed by atoms with Gasteiger partial charge < -0.3 is 18.9 Å². The fourth-order valence-corrected chi connectivity index (χ4v) is 4.62. The lowest BCUT2D eigenvalue weighted by atomic mass is 10.0. The molecule has 0 bridgehead atoms. The topological polar surface area (TPSA) is 36.9 Å². The van der Waals surface area contributed by atoms with Crippen LogP contribution in [0.2, 0.25) is 0 Å². The Morgan fingerprint density at radius 2 is 1.38 bits per heavy atom. The zero-order valence-corrected chi connectivity index (χ0v) is 24.1. The number of unbranched alkanes of at least 4 members (excludes halogenated alkanes) is 1. The molecule has 0 aromatic heterocycles. The minimum atomic E-state index is -5.19. The molecule has 242 valence electrons. The van der Waals surface area contributed by atoms with Crippen LogP contribution in [0.4, 0.5) is 35.1 Å². The quantitative estimate of drug-likeness (QED) is 0.112. The number of hydrogen-bond acceptors (Lipinski definition) is 4. The molecule has 45 heavy (non-hydrogen) atoms. The summed E-state index contributed by atoms with van der Waals surface area (Å²) in [6, 6.07) is 7.54. The molecular weight excluding hydrogens is 612 g/mol. The molecule has 12 heteroatoms. The van der Waals surface area contributed by atoms with Gasteiger partial charge in [-0.25, -0.2) is 13.2 Å². The Morgan fingerprint density at radius 3 is 1.98 bits per heavy atom. The first-order valence-electron chi connectivity index (χ1n) is 14.1. The molecule has 1 fully saturated rings. The maximum Gasteiger partial charge on any atom is 0.573 e. The lowest BCUT2D eigenvalue weighted by Crippen LogP contribution is -2.27. The van der Waals surface area contributed by atoms with Gasteiger partial charge in [0.1, 0.15) is 17.4 Å². The fourth-order valence-electron chi connectivity index (χ4n) is 4.62. The zero-order chi connectivity index (χ0) is 32.6. The smallest absolute Gasteiger partial charge is 0.429 e. The zero-order valence-electron chi connectivity index (χ0n) is 24.1. The van der Waals surface area contributed by atoms with Crippen molar-refractivity contribution < 1.29 is 54.1 Å². The van der Waals surface area contributed by atoms with Crippen LogP contribution in [0.1, 0.15) is 50.0 Å². The van der Waals surface area contributed by atoms with Crippen molar-refractivity contribution in [1.29, 1.82) is 0 Å². The van der Waals surface area contributed by atoms with Gasteiger partial charge in [0, 0.05) is 23.6 Å². The molecule has 1 aliphatic rings. The van der Waals surface area contributed by atoms with Crippen molar-refractivity contribution in [2.24, 2.45) is 5.92 Å². The van der Waals surface area contributed by atoms with Gasteiger partial charge in [-0.3, -0.25) is 0 Å². The van der Waals surface area contributed by atoms with E-state index in [-0.39, 0.29) is 5.92 Å². The normalized spacial score (nSPS) is 17.7. The summed E-state index contributed by atoms with van der Waals surface area (Å²) in [5.41, 5.74) is -1.47.